The summed E-state index contributed by atoms with van der Waals surface area (Å²) in [6, 6.07) is -0.148. The standard InChI is InChI=1S/C9H15NO3/c1-3-4-10-6(2)7(9(12)13)5-8(10)11/h6-7H,3-5H2,1-2H3,(H,12,13)/t6-,7+/m0/s1. The molecule has 1 aliphatic heterocycles. The summed E-state index contributed by atoms with van der Waals surface area (Å²) >= 11 is 0. The minimum Gasteiger partial charge on any atom is -0.481 e. The number of hydrogen-bond donors (Lipinski definition) is 1. The molecule has 1 N–H and O–H groups in total. The molecule has 0 unspecified atom stereocenters. The third kappa shape index (κ3) is 1.82. The molecule has 1 amide bonds. The van der Waals surface area contributed by atoms with E-state index in [0.717, 1.165) is 6.42 Å². The summed E-state index contributed by atoms with van der Waals surface area (Å²) < 4.78 is 0. The van der Waals surface area contributed by atoms with Gasteiger partial charge in [-0.05, 0) is 13.3 Å². The number of aliphatic carboxylic acids is 1. The lowest BCUT2D eigenvalue weighted by Gasteiger charge is -2.22. The Morgan fingerprint density at radius 1 is 1.69 bits per heavy atom. The maximum Gasteiger partial charge on any atom is 0.309 e. The van der Waals surface area contributed by atoms with E-state index in [1.54, 1.807) is 11.8 Å². The first kappa shape index (κ1) is 10.0. The zero-order valence-electron chi connectivity index (χ0n) is 7.99. The van der Waals surface area contributed by atoms with Crippen LogP contribution in [0, 0.1) is 5.92 Å². The quantitative estimate of drug-likeness (QED) is 0.704. The fourth-order valence-corrected chi connectivity index (χ4v) is 1.78. The number of carbonyl (C=O) groups excluding carboxylic acids is 1. The van der Waals surface area contributed by atoms with E-state index in [4.69, 9.17) is 5.11 Å². The number of carboxylic acid groups (broad SMARTS) is 1. The fraction of sp³-hybridized carbons (Fsp3) is 0.778. The van der Waals surface area contributed by atoms with E-state index in [9.17, 15) is 9.59 Å². The van der Waals surface area contributed by atoms with Gasteiger partial charge >= 0.3 is 5.97 Å². The molecular weight excluding hydrogens is 170 g/mol. The average Bonchev–Trinajstić information content (AvgIpc) is 2.32. The maximum atomic E-state index is 11.4. The number of amides is 1. The number of carboxylic acids is 1. The third-order valence-corrected chi connectivity index (χ3v) is 2.57. The van der Waals surface area contributed by atoms with Crippen LogP contribution >= 0.6 is 0 Å². The summed E-state index contributed by atoms with van der Waals surface area (Å²) in [7, 11) is 0. The predicted molar refractivity (Wildman–Crippen MR) is 47.2 cm³/mol. The summed E-state index contributed by atoms with van der Waals surface area (Å²) in [5.74, 6) is -1.40. The van der Waals surface area contributed by atoms with Crippen LogP contribution in [0.5, 0.6) is 0 Å². The van der Waals surface area contributed by atoms with E-state index in [1.165, 1.54) is 0 Å². The van der Waals surface area contributed by atoms with Crippen molar-refractivity contribution in [1.29, 1.82) is 0 Å². The maximum absolute atomic E-state index is 11.4. The molecule has 0 aromatic heterocycles. The Labute approximate surface area is 77.5 Å². The molecule has 2 atom stereocenters. The van der Waals surface area contributed by atoms with Gasteiger partial charge in [-0.3, -0.25) is 9.59 Å². The topological polar surface area (TPSA) is 57.6 Å². The van der Waals surface area contributed by atoms with Gasteiger partial charge in [-0.15, -0.1) is 0 Å². The van der Waals surface area contributed by atoms with Crippen LogP contribution in [0.4, 0.5) is 0 Å². The summed E-state index contributed by atoms with van der Waals surface area (Å²) in [4.78, 5) is 23.7. The van der Waals surface area contributed by atoms with Gasteiger partial charge < -0.3 is 10.0 Å². The van der Waals surface area contributed by atoms with E-state index >= 15 is 0 Å². The highest BCUT2D eigenvalue weighted by molar-refractivity contribution is 5.86. The summed E-state index contributed by atoms with van der Waals surface area (Å²) in [5, 5.41) is 8.81. The van der Waals surface area contributed by atoms with E-state index in [2.05, 4.69) is 0 Å². The number of carbonyl (C=O) groups is 2. The van der Waals surface area contributed by atoms with Gasteiger partial charge in [0, 0.05) is 19.0 Å². The Hall–Kier alpha value is -1.06. The molecule has 1 aliphatic rings. The number of rotatable bonds is 3. The molecule has 1 heterocycles. The molecular formula is C9H15NO3. The van der Waals surface area contributed by atoms with Crippen molar-refractivity contribution in [1.82, 2.24) is 4.90 Å². The van der Waals surface area contributed by atoms with Crippen molar-refractivity contribution in [3.05, 3.63) is 0 Å². The first-order valence-electron chi connectivity index (χ1n) is 4.60. The normalized spacial score (nSPS) is 28.2. The Morgan fingerprint density at radius 3 is 2.69 bits per heavy atom. The SMILES string of the molecule is CCCN1C(=O)C[C@@H](C(=O)O)[C@@H]1C. The van der Waals surface area contributed by atoms with Crippen LogP contribution in [0.25, 0.3) is 0 Å². The molecule has 0 radical (unpaired) electrons. The minimum atomic E-state index is -0.862. The summed E-state index contributed by atoms with van der Waals surface area (Å²) in [5.41, 5.74) is 0. The van der Waals surface area contributed by atoms with Crippen molar-refractivity contribution in [3.8, 4) is 0 Å². The molecule has 13 heavy (non-hydrogen) atoms. The van der Waals surface area contributed by atoms with Gasteiger partial charge in [0.05, 0.1) is 5.92 Å². The number of nitrogens with zero attached hydrogens (tertiary/aromatic N) is 1. The minimum absolute atomic E-state index is 0.0262. The van der Waals surface area contributed by atoms with Crippen molar-refractivity contribution < 1.29 is 14.7 Å². The summed E-state index contributed by atoms with van der Waals surface area (Å²) in [6.07, 6.45) is 1.04. The Morgan fingerprint density at radius 2 is 2.31 bits per heavy atom. The zero-order valence-corrected chi connectivity index (χ0v) is 7.99. The molecule has 1 fully saturated rings. The van der Waals surface area contributed by atoms with Crippen LogP contribution in [0.3, 0.4) is 0 Å². The van der Waals surface area contributed by atoms with E-state index in [-0.39, 0.29) is 18.4 Å². The molecule has 1 rings (SSSR count). The molecule has 0 bridgehead atoms. The second-order valence-corrected chi connectivity index (χ2v) is 3.48. The highest BCUT2D eigenvalue weighted by Crippen LogP contribution is 2.25. The lowest BCUT2D eigenvalue weighted by atomic mass is 10.0. The van der Waals surface area contributed by atoms with Crippen LogP contribution < -0.4 is 0 Å². The monoisotopic (exact) mass is 185 g/mol. The first-order chi connectivity index (χ1) is 6.07. The van der Waals surface area contributed by atoms with Gasteiger partial charge in [0.2, 0.25) is 5.91 Å². The molecule has 74 valence electrons. The van der Waals surface area contributed by atoms with Crippen LogP contribution in [-0.4, -0.2) is 34.5 Å². The van der Waals surface area contributed by atoms with E-state index in [0.29, 0.717) is 6.54 Å². The van der Waals surface area contributed by atoms with Crippen molar-refractivity contribution in [2.45, 2.75) is 32.7 Å². The molecule has 4 heteroatoms. The highest BCUT2D eigenvalue weighted by atomic mass is 16.4. The lowest BCUT2D eigenvalue weighted by molar-refractivity contribution is -0.142. The van der Waals surface area contributed by atoms with Crippen molar-refractivity contribution in [3.63, 3.8) is 0 Å². The summed E-state index contributed by atoms with van der Waals surface area (Å²) in [6.45, 7) is 4.46. The second kappa shape index (κ2) is 3.77. The molecule has 4 nitrogen and oxygen atoms in total. The Balaban J connectivity index is 2.69. The van der Waals surface area contributed by atoms with Crippen LogP contribution in [0.15, 0.2) is 0 Å². The Kier molecular flexibility index (Phi) is 2.90. The second-order valence-electron chi connectivity index (χ2n) is 3.48. The third-order valence-electron chi connectivity index (χ3n) is 2.57. The average molecular weight is 185 g/mol. The van der Waals surface area contributed by atoms with Crippen molar-refractivity contribution >= 4 is 11.9 Å². The molecule has 0 aliphatic carbocycles. The first-order valence-corrected chi connectivity index (χ1v) is 4.60. The van der Waals surface area contributed by atoms with Gasteiger partial charge in [0.1, 0.15) is 0 Å². The smallest absolute Gasteiger partial charge is 0.309 e. The van der Waals surface area contributed by atoms with Gasteiger partial charge in [0.15, 0.2) is 0 Å². The van der Waals surface area contributed by atoms with Crippen molar-refractivity contribution in [2.24, 2.45) is 5.92 Å². The van der Waals surface area contributed by atoms with Gasteiger partial charge in [-0.1, -0.05) is 6.92 Å². The van der Waals surface area contributed by atoms with Gasteiger partial charge in [-0.25, -0.2) is 0 Å². The molecule has 0 saturated carbocycles. The molecule has 0 spiro atoms. The van der Waals surface area contributed by atoms with Gasteiger partial charge in [0.25, 0.3) is 0 Å². The van der Waals surface area contributed by atoms with Gasteiger partial charge in [-0.2, -0.15) is 0 Å². The predicted octanol–water partition coefficient (Wildman–Crippen LogP) is 0.718. The largest absolute Gasteiger partial charge is 0.481 e. The van der Waals surface area contributed by atoms with Crippen LogP contribution in [-0.2, 0) is 9.59 Å². The van der Waals surface area contributed by atoms with E-state index in [1.807, 2.05) is 6.92 Å². The number of hydrogen-bond acceptors (Lipinski definition) is 2. The molecule has 0 aromatic carbocycles. The van der Waals surface area contributed by atoms with Crippen LogP contribution in [0.2, 0.25) is 0 Å². The highest BCUT2D eigenvalue weighted by Gasteiger charge is 2.40. The van der Waals surface area contributed by atoms with Crippen LogP contribution in [0.1, 0.15) is 26.7 Å². The molecule has 0 aromatic rings. The molecule has 1 saturated heterocycles. The van der Waals surface area contributed by atoms with E-state index < -0.39 is 11.9 Å². The zero-order chi connectivity index (χ0) is 10.0. The van der Waals surface area contributed by atoms with Crippen molar-refractivity contribution in [2.75, 3.05) is 6.54 Å². The Bertz CT molecular complexity index is 227. The lowest BCUT2D eigenvalue weighted by Crippen LogP contribution is -2.35. The fourth-order valence-electron chi connectivity index (χ4n) is 1.78. The number of likely N-dealkylation sites (tertiary alicyclic amines) is 1.